The summed E-state index contributed by atoms with van der Waals surface area (Å²) < 4.78 is 11.8. The lowest BCUT2D eigenvalue weighted by Crippen LogP contribution is -2.20. The molecule has 2 amide bonds. The quantitative estimate of drug-likeness (QED) is 0.380. The van der Waals surface area contributed by atoms with Gasteiger partial charge < -0.3 is 19.6 Å². The summed E-state index contributed by atoms with van der Waals surface area (Å²) in [7, 11) is 1.44. The fraction of sp³-hybridized carbons (Fsp3) is 0.120. The molecule has 10 heteroatoms. The van der Waals surface area contributed by atoms with E-state index in [1.54, 1.807) is 0 Å². The van der Waals surface area contributed by atoms with Crippen LogP contribution >= 0.6 is 0 Å². The number of carbonyl (C=O) groups excluding carboxylic acids is 2. The molecule has 3 N–H and O–H groups in total. The predicted molar refractivity (Wildman–Crippen MR) is 126 cm³/mol. The molecule has 0 fully saturated rings. The number of aryl methyl sites for hydroxylation is 1. The van der Waals surface area contributed by atoms with Crippen molar-refractivity contribution < 1.29 is 28.6 Å². The van der Waals surface area contributed by atoms with Crippen LogP contribution in [0.3, 0.4) is 0 Å². The summed E-state index contributed by atoms with van der Waals surface area (Å²) in [6, 6.07) is 17.4. The molecule has 10 nitrogen and oxygen atoms in total. The first kappa shape index (κ1) is 22.0. The van der Waals surface area contributed by atoms with Crippen LogP contribution in [0.15, 0.2) is 71.5 Å². The van der Waals surface area contributed by atoms with Gasteiger partial charge in [0.2, 0.25) is 5.76 Å². The lowest BCUT2D eigenvalue weighted by molar-refractivity contribution is 0.0686. The van der Waals surface area contributed by atoms with E-state index in [1.165, 1.54) is 25.6 Å². The summed E-state index contributed by atoms with van der Waals surface area (Å²) >= 11 is 0. The number of anilines is 2. The zero-order chi connectivity index (χ0) is 24.5. The standard InChI is InChI=1S/C25H20N4O6/c1-29-21(24(31)32)20(12-26-29)27-23(30)22-19(10-11-34-22)28-25(33)35-13-18-16-8-4-2-6-14(16)15-7-3-5-9-17(15)18/h2-12,18H,13H2,1H3,(H,27,30)(H,28,33)(H,31,32). The summed E-state index contributed by atoms with van der Waals surface area (Å²) in [5.41, 5.74) is 4.26. The number of benzene rings is 2. The number of aromatic carboxylic acids is 1. The van der Waals surface area contributed by atoms with Crippen LogP contribution in [0, 0.1) is 0 Å². The predicted octanol–water partition coefficient (Wildman–Crippen LogP) is 4.32. The number of nitrogens with one attached hydrogen (secondary N) is 2. The van der Waals surface area contributed by atoms with Crippen LogP contribution in [0.4, 0.5) is 16.2 Å². The Morgan fingerprint density at radius 1 is 1.00 bits per heavy atom. The first-order valence-electron chi connectivity index (χ1n) is 10.7. The third-order valence-electron chi connectivity index (χ3n) is 5.84. The smallest absolute Gasteiger partial charge is 0.411 e. The number of ether oxygens (including phenoxy) is 1. The van der Waals surface area contributed by atoms with Crippen molar-refractivity contribution in [2.24, 2.45) is 7.05 Å². The minimum absolute atomic E-state index is 0.00603. The molecule has 0 aliphatic heterocycles. The second kappa shape index (κ2) is 8.82. The number of carboxylic acids is 1. The highest BCUT2D eigenvalue weighted by atomic mass is 16.5. The van der Waals surface area contributed by atoms with E-state index < -0.39 is 18.0 Å². The van der Waals surface area contributed by atoms with Gasteiger partial charge in [-0.15, -0.1) is 0 Å². The van der Waals surface area contributed by atoms with Gasteiger partial charge in [0.05, 0.1) is 23.8 Å². The monoisotopic (exact) mass is 472 g/mol. The molecule has 2 heterocycles. The van der Waals surface area contributed by atoms with Crippen molar-refractivity contribution in [2.45, 2.75) is 5.92 Å². The summed E-state index contributed by atoms with van der Waals surface area (Å²) in [6.07, 6.45) is 1.69. The van der Waals surface area contributed by atoms with Crippen LogP contribution in [0.25, 0.3) is 11.1 Å². The number of carbonyl (C=O) groups is 3. The fourth-order valence-corrected chi connectivity index (χ4v) is 4.29. The molecule has 1 aliphatic rings. The molecule has 0 saturated heterocycles. The van der Waals surface area contributed by atoms with E-state index in [0.717, 1.165) is 26.9 Å². The zero-order valence-electron chi connectivity index (χ0n) is 18.5. The molecule has 2 aromatic heterocycles. The summed E-state index contributed by atoms with van der Waals surface area (Å²) in [6.45, 7) is 0.108. The van der Waals surface area contributed by atoms with E-state index in [2.05, 4.69) is 15.7 Å². The molecule has 35 heavy (non-hydrogen) atoms. The van der Waals surface area contributed by atoms with Gasteiger partial charge in [0.15, 0.2) is 5.69 Å². The molecule has 0 radical (unpaired) electrons. The Labute approximate surface area is 199 Å². The van der Waals surface area contributed by atoms with Gasteiger partial charge in [-0.05, 0) is 22.3 Å². The molecule has 2 aromatic carbocycles. The lowest BCUT2D eigenvalue weighted by atomic mass is 9.98. The van der Waals surface area contributed by atoms with Gasteiger partial charge in [-0.1, -0.05) is 48.5 Å². The average Bonchev–Trinajstić information content (AvgIpc) is 3.53. The van der Waals surface area contributed by atoms with Crippen molar-refractivity contribution in [1.29, 1.82) is 0 Å². The van der Waals surface area contributed by atoms with Crippen LogP contribution in [0.2, 0.25) is 0 Å². The van der Waals surface area contributed by atoms with E-state index in [0.29, 0.717) is 0 Å². The van der Waals surface area contributed by atoms with Gasteiger partial charge in [0.1, 0.15) is 6.61 Å². The number of fused-ring (bicyclic) bond motifs is 3. The van der Waals surface area contributed by atoms with Crippen LogP contribution in [0.1, 0.15) is 38.1 Å². The maximum Gasteiger partial charge on any atom is 0.411 e. The number of carboxylic acid groups (broad SMARTS) is 1. The molecule has 0 atom stereocenters. The summed E-state index contributed by atoms with van der Waals surface area (Å²) in [5.74, 6) is -2.32. The Bertz CT molecular complexity index is 1410. The molecule has 5 rings (SSSR count). The van der Waals surface area contributed by atoms with Gasteiger partial charge >= 0.3 is 12.1 Å². The molecule has 4 aromatic rings. The van der Waals surface area contributed by atoms with Crippen molar-refractivity contribution >= 4 is 29.3 Å². The van der Waals surface area contributed by atoms with Gasteiger partial charge in [-0.2, -0.15) is 5.10 Å². The number of hydrogen-bond acceptors (Lipinski definition) is 6. The van der Waals surface area contributed by atoms with Crippen LogP contribution in [-0.2, 0) is 11.8 Å². The van der Waals surface area contributed by atoms with E-state index in [-0.39, 0.29) is 35.4 Å². The molecule has 0 spiro atoms. The highest BCUT2D eigenvalue weighted by Gasteiger charge is 2.29. The van der Waals surface area contributed by atoms with Gasteiger partial charge in [-0.3, -0.25) is 14.8 Å². The maximum absolute atomic E-state index is 12.7. The summed E-state index contributed by atoms with van der Waals surface area (Å²) in [4.78, 5) is 36.7. The zero-order valence-corrected chi connectivity index (χ0v) is 18.5. The van der Waals surface area contributed by atoms with Gasteiger partial charge in [0.25, 0.3) is 5.91 Å². The van der Waals surface area contributed by atoms with Gasteiger partial charge in [-0.25, -0.2) is 9.59 Å². The van der Waals surface area contributed by atoms with E-state index in [4.69, 9.17) is 9.15 Å². The number of amides is 2. The van der Waals surface area contributed by atoms with E-state index in [9.17, 15) is 19.5 Å². The van der Waals surface area contributed by atoms with Crippen molar-refractivity contribution in [3.63, 3.8) is 0 Å². The second-order valence-electron chi connectivity index (χ2n) is 7.90. The minimum atomic E-state index is -1.25. The first-order chi connectivity index (χ1) is 16.9. The Kier molecular flexibility index (Phi) is 5.54. The number of hydrogen-bond donors (Lipinski definition) is 3. The highest BCUT2D eigenvalue weighted by Crippen LogP contribution is 2.44. The third kappa shape index (κ3) is 4.01. The van der Waals surface area contributed by atoms with Crippen molar-refractivity contribution in [3.8, 4) is 11.1 Å². The molecular formula is C25H20N4O6. The highest BCUT2D eigenvalue weighted by molar-refractivity contribution is 6.09. The number of rotatable bonds is 6. The third-order valence-corrected chi connectivity index (χ3v) is 5.84. The van der Waals surface area contributed by atoms with Crippen molar-refractivity contribution in [3.05, 3.63) is 89.6 Å². The Balaban J connectivity index is 1.27. The van der Waals surface area contributed by atoms with Crippen molar-refractivity contribution in [1.82, 2.24) is 9.78 Å². The topological polar surface area (TPSA) is 136 Å². The molecule has 176 valence electrons. The Morgan fingerprint density at radius 2 is 1.66 bits per heavy atom. The number of furan rings is 1. The molecule has 1 aliphatic carbocycles. The molecule has 0 bridgehead atoms. The molecule has 0 saturated carbocycles. The second-order valence-corrected chi connectivity index (χ2v) is 7.90. The number of nitrogens with zero attached hydrogens (tertiary/aromatic N) is 2. The summed E-state index contributed by atoms with van der Waals surface area (Å²) in [5, 5.41) is 18.1. The van der Waals surface area contributed by atoms with Gasteiger partial charge in [0, 0.05) is 19.0 Å². The van der Waals surface area contributed by atoms with Crippen LogP contribution in [-0.4, -0.2) is 39.5 Å². The van der Waals surface area contributed by atoms with E-state index >= 15 is 0 Å². The lowest BCUT2D eigenvalue weighted by Gasteiger charge is -2.14. The maximum atomic E-state index is 12.7. The van der Waals surface area contributed by atoms with E-state index in [1.807, 2.05) is 48.5 Å². The normalized spacial score (nSPS) is 12.0. The number of aromatic nitrogens is 2. The fourth-order valence-electron chi connectivity index (χ4n) is 4.29. The van der Waals surface area contributed by atoms with Crippen molar-refractivity contribution in [2.75, 3.05) is 17.2 Å². The van der Waals surface area contributed by atoms with Crippen LogP contribution < -0.4 is 10.6 Å². The largest absolute Gasteiger partial charge is 0.476 e. The minimum Gasteiger partial charge on any atom is -0.476 e. The molecular weight excluding hydrogens is 452 g/mol. The Morgan fingerprint density at radius 3 is 2.31 bits per heavy atom. The van der Waals surface area contributed by atoms with Crippen LogP contribution in [0.5, 0.6) is 0 Å². The average molecular weight is 472 g/mol. The Hall–Kier alpha value is -4.86. The first-order valence-corrected chi connectivity index (χ1v) is 10.7. The SMILES string of the molecule is Cn1ncc(NC(=O)c2occc2NC(=O)OCC2c3ccccc3-c3ccccc32)c1C(=O)O. The molecule has 0 unspecified atom stereocenters.